The van der Waals surface area contributed by atoms with Crippen LogP contribution in [0.25, 0.3) is 0 Å². The molecule has 0 saturated carbocycles. The maximum absolute atomic E-state index is 9.39. The van der Waals surface area contributed by atoms with E-state index >= 15 is 0 Å². The van der Waals surface area contributed by atoms with Gasteiger partial charge in [0.15, 0.2) is 6.29 Å². The van der Waals surface area contributed by atoms with Crippen molar-refractivity contribution in [3.05, 3.63) is 0 Å². The van der Waals surface area contributed by atoms with Gasteiger partial charge in [0.25, 0.3) is 0 Å². The molecular weight excluding hydrogens is 148 g/mol. The third-order valence-corrected chi connectivity index (χ3v) is 1.97. The zero-order valence-corrected chi connectivity index (χ0v) is 6.73. The van der Waals surface area contributed by atoms with Crippen molar-refractivity contribution < 1.29 is 19.7 Å². The van der Waals surface area contributed by atoms with Crippen LogP contribution in [-0.4, -0.2) is 41.9 Å². The van der Waals surface area contributed by atoms with Gasteiger partial charge in [-0.25, -0.2) is 0 Å². The number of hydrogen-bond donors (Lipinski definition) is 2. The summed E-state index contributed by atoms with van der Waals surface area (Å²) >= 11 is 0. The van der Waals surface area contributed by atoms with E-state index < -0.39 is 12.4 Å². The average Bonchev–Trinajstić information content (AvgIpc) is 1.96. The quantitative estimate of drug-likeness (QED) is 0.545. The van der Waals surface area contributed by atoms with Crippen LogP contribution in [0.1, 0.15) is 13.3 Å². The number of aliphatic hydroxyl groups is 2. The number of hydrogen-bond acceptors (Lipinski definition) is 4. The van der Waals surface area contributed by atoms with Gasteiger partial charge < -0.3 is 19.7 Å². The zero-order chi connectivity index (χ0) is 8.43. The van der Waals surface area contributed by atoms with Gasteiger partial charge >= 0.3 is 0 Å². The standard InChI is InChI=1S/C7H14O4/c1-4-7(9)5(10-2)3-6(8)11-4/h4-9H,3H2,1-2H3/t4-,5+,6-,7?/m1/s1. The third kappa shape index (κ3) is 1.90. The van der Waals surface area contributed by atoms with Gasteiger partial charge in [-0.15, -0.1) is 0 Å². The fourth-order valence-corrected chi connectivity index (χ4v) is 1.26. The SMILES string of the molecule is CO[C@H]1C[C@H](O)O[C@H](C)C1O. The smallest absolute Gasteiger partial charge is 0.157 e. The van der Waals surface area contributed by atoms with Crippen LogP contribution < -0.4 is 0 Å². The number of methoxy groups -OCH3 is 1. The van der Waals surface area contributed by atoms with Gasteiger partial charge in [-0.1, -0.05) is 0 Å². The van der Waals surface area contributed by atoms with Gasteiger partial charge in [0.1, 0.15) is 6.10 Å². The van der Waals surface area contributed by atoms with Crippen LogP contribution in [0.5, 0.6) is 0 Å². The molecule has 4 atom stereocenters. The van der Waals surface area contributed by atoms with Gasteiger partial charge in [0, 0.05) is 13.5 Å². The minimum absolute atomic E-state index is 0.311. The molecule has 0 aromatic heterocycles. The van der Waals surface area contributed by atoms with Crippen LogP contribution in [-0.2, 0) is 9.47 Å². The average molecular weight is 162 g/mol. The lowest BCUT2D eigenvalue weighted by Crippen LogP contribution is -2.47. The molecule has 0 radical (unpaired) electrons. The van der Waals surface area contributed by atoms with Crippen molar-refractivity contribution in [2.75, 3.05) is 7.11 Å². The molecule has 0 amide bonds. The third-order valence-electron chi connectivity index (χ3n) is 1.97. The Morgan fingerprint density at radius 2 is 2.09 bits per heavy atom. The first-order valence-corrected chi connectivity index (χ1v) is 3.69. The molecule has 0 aromatic carbocycles. The molecular formula is C7H14O4. The van der Waals surface area contributed by atoms with E-state index in [2.05, 4.69) is 0 Å². The largest absolute Gasteiger partial charge is 0.388 e. The minimum Gasteiger partial charge on any atom is -0.388 e. The molecule has 1 fully saturated rings. The predicted octanol–water partition coefficient (Wildman–Crippen LogP) is -0.510. The predicted molar refractivity (Wildman–Crippen MR) is 38.0 cm³/mol. The summed E-state index contributed by atoms with van der Waals surface area (Å²) in [6.07, 6.45) is -1.78. The number of ether oxygens (including phenoxy) is 2. The molecule has 4 nitrogen and oxygen atoms in total. The van der Waals surface area contributed by atoms with Crippen LogP contribution in [0.15, 0.2) is 0 Å². The molecule has 0 bridgehead atoms. The van der Waals surface area contributed by atoms with E-state index in [1.807, 2.05) is 0 Å². The van der Waals surface area contributed by atoms with E-state index in [0.717, 1.165) is 0 Å². The zero-order valence-electron chi connectivity index (χ0n) is 6.73. The van der Waals surface area contributed by atoms with Crippen molar-refractivity contribution in [2.45, 2.75) is 37.9 Å². The normalized spacial score (nSPS) is 45.8. The molecule has 0 aliphatic carbocycles. The minimum atomic E-state index is -0.807. The van der Waals surface area contributed by atoms with Gasteiger partial charge in [-0.2, -0.15) is 0 Å². The van der Waals surface area contributed by atoms with Crippen LogP contribution in [0.2, 0.25) is 0 Å². The number of aliphatic hydroxyl groups excluding tert-OH is 2. The molecule has 1 unspecified atom stereocenters. The van der Waals surface area contributed by atoms with E-state index in [9.17, 15) is 5.11 Å². The van der Waals surface area contributed by atoms with E-state index in [1.54, 1.807) is 6.92 Å². The molecule has 11 heavy (non-hydrogen) atoms. The van der Waals surface area contributed by atoms with Crippen molar-refractivity contribution in [2.24, 2.45) is 0 Å². The van der Waals surface area contributed by atoms with Crippen LogP contribution in [0.4, 0.5) is 0 Å². The van der Waals surface area contributed by atoms with Crippen LogP contribution in [0.3, 0.4) is 0 Å². The second-order valence-electron chi connectivity index (χ2n) is 2.80. The van der Waals surface area contributed by atoms with Gasteiger partial charge in [0.05, 0.1) is 12.2 Å². The monoisotopic (exact) mass is 162 g/mol. The topological polar surface area (TPSA) is 58.9 Å². The van der Waals surface area contributed by atoms with Gasteiger partial charge in [-0.3, -0.25) is 0 Å². The summed E-state index contributed by atoms with van der Waals surface area (Å²) in [4.78, 5) is 0. The molecule has 4 heteroatoms. The fourth-order valence-electron chi connectivity index (χ4n) is 1.26. The highest BCUT2D eigenvalue weighted by atomic mass is 16.6. The second kappa shape index (κ2) is 3.49. The Hall–Kier alpha value is -0.160. The van der Waals surface area contributed by atoms with Crippen LogP contribution >= 0.6 is 0 Å². The highest BCUT2D eigenvalue weighted by molar-refractivity contribution is 4.80. The maximum atomic E-state index is 9.39. The summed E-state index contributed by atoms with van der Waals surface area (Å²) in [6, 6.07) is 0. The van der Waals surface area contributed by atoms with Crippen molar-refractivity contribution in [3.8, 4) is 0 Å². The lowest BCUT2D eigenvalue weighted by Gasteiger charge is -2.34. The lowest BCUT2D eigenvalue weighted by atomic mass is 10.0. The molecule has 0 spiro atoms. The van der Waals surface area contributed by atoms with E-state index in [1.165, 1.54) is 7.11 Å². The maximum Gasteiger partial charge on any atom is 0.157 e. The molecule has 1 aliphatic heterocycles. The fraction of sp³-hybridized carbons (Fsp3) is 1.00. The van der Waals surface area contributed by atoms with Crippen molar-refractivity contribution in [1.82, 2.24) is 0 Å². The molecule has 1 rings (SSSR count). The summed E-state index contributed by atoms with van der Waals surface area (Å²) in [6.45, 7) is 1.71. The molecule has 1 heterocycles. The molecule has 66 valence electrons. The summed E-state index contributed by atoms with van der Waals surface area (Å²) in [5.74, 6) is 0. The first-order chi connectivity index (χ1) is 5.15. The summed E-state index contributed by atoms with van der Waals surface area (Å²) < 4.78 is 9.91. The Labute approximate surface area is 65.7 Å². The van der Waals surface area contributed by atoms with E-state index in [0.29, 0.717) is 6.42 Å². The Bertz CT molecular complexity index is 128. The highest BCUT2D eigenvalue weighted by Crippen LogP contribution is 2.20. The summed E-state index contributed by atoms with van der Waals surface area (Å²) in [7, 11) is 1.51. The van der Waals surface area contributed by atoms with E-state index in [-0.39, 0.29) is 12.2 Å². The first-order valence-electron chi connectivity index (χ1n) is 3.69. The first kappa shape index (κ1) is 8.93. The van der Waals surface area contributed by atoms with E-state index in [4.69, 9.17) is 14.6 Å². The second-order valence-corrected chi connectivity index (χ2v) is 2.80. The molecule has 1 aliphatic rings. The van der Waals surface area contributed by atoms with Crippen LogP contribution in [0, 0.1) is 0 Å². The van der Waals surface area contributed by atoms with Gasteiger partial charge in [-0.05, 0) is 6.92 Å². The molecule has 0 aromatic rings. The Kier molecular flexibility index (Phi) is 2.84. The van der Waals surface area contributed by atoms with Gasteiger partial charge in [0.2, 0.25) is 0 Å². The molecule has 1 saturated heterocycles. The van der Waals surface area contributed by atoms with Crippen molar-refractivity contribution >= 4 is 0 Å². The lowest BCUT2D eigenvalue weighted by molar-refractivity contribution is -0.231. The summed E-state index contributed by atoms with van der Waals surface area (Å²) in [5, 5.41) is 18.5. The highest BCUT2D eigenvalue weighted by Gasteiger charge is 2.34. The van der Waals surface area contributed by atoms with Crippen molar-refractivity contribution in [3.63, 3.8) is 0 Å². The molecule has 2 N–H and O–H groups in total. The Balaban J connectivity index is 2.51. The Morgan fingerprint density at radius 1 is 1.45 bits per heavy atom. The Morgan fingerprint density at radius 3 is 2.64 bits per heavy atom. The summed E-state index contributed by atoms with van der Waals surface area (Å²) in [5.41, 5.74) is 0. The van der Waals surface area contributed by atoms with Crippen molar-refractivity contribution in [1.29, 1.82) is 0 Å². The number of rotatable bonds is 1.